The monoisotopic (exact) mass is 536 g/mol. The number of aromatic nitrogens is 4. The van der Waals surface area contributed by atoms with Crippen molar-refractivity contribution < 1.29 is 14.3 Å². The van der Waals surface area contributed by atoms with Crippen LogP contribution in [-0.2, 0) is 9.53 Å². The molecule has 1 fully saturated rings. The summed E-state index contributed by atoms with van der Waals surface area (Å²) in [6.07, 6.45) is 4.84. The van der Waals surface area contributed by atoms with Crippen molar-refractivity contribution in [3.63, 3.8) is 0 Å². The van der Waals surface area contributed by atoms with Gasteiger partial charge >= 0.3 is 6.09 Å². The summed E-state index contributed by atoms with van der Waals surface area (Å²) < 4.78 is 8.74. The van der Waals surface area contributed by atoms with Crippen LogP contribution in [0.15, 0.2) is 30.7 Å². The fourth-order valence-electron chi connectivity index (χ4n) is 5.82. The molecule has 3 aromatic heterocycles. The summed E-state index contributed by atoms with van der Waals surface area (Å²) in [6.45, 7) is 10.3. The number of nitrogens with two attached hydrogens (primary N) is 1. The number of benzene rings is 1. The second-order valence-corrected chi connectivity index (χ2v) is 10.6. The number of ether oxygens (including phenoxy) is 1. The Morgan fingerprint density at radius 2 is 1.92 bits per heavy atom. The summed E-state index contributed by atoms with van der Waals surface area (Å²) >= 11 is 5.84. The van der Waals surface area contributed by atoms with E-state index in [1.165, 1.54) is 11.9 Å². The van der Waals surface area contributed by atoms with Crippen LogP contribution in [-0.4, -0.2) is 61.8 Å². The zero-order chi connectivity index (χ0) is 27.1. The van der Waals surface area contributed by atoms with Crippen LogP contribution in [0.5, 0.6) is 0 Å². The Bertz CT molecular complexity index is 1530. The number of likely N-dealkylation sites (tertiary alicyclic amines) is 1. The Kier molecular flexibility index (Phi) is 7.15. The molecule has 1 aliphatic rings. The van der Waals surface area contributed by atoms with E-state index in [0.717, 1.165) is 70.4 Å². The van der Waals surface area contributed by atoms with Crippen LogP contribution in [0.3, 0.4) is 0 Å². The highest BCUT2D eigenvalue weighted by Crippen LogP contribution is 2.42. The normalized spacial score (nSPS) is 15.1. The van der Waals surface area contributed by atoms with Crippen molar-refractivity contribution in [2.24, 2.45) is 5.73 Å². The quantitative estimate of drug-likeness (QED) is 0.350. The molecule has 0 aliphatic carbocycles. The third kappa shape index (κ3) is 4.54. The van der Waals surface area contributed by atoms with Crippen LogP contribution in [0.4, 0.5) is 4.79 Å². The summed E-state index contributed by atoms with van der Waals surface area (Å²) in [5.74, 6) is 0.190. The largest absolute Gasteiger partial charge is 0.433 e. The summed E-state index contributed by atoms with van der Waals surface area (Å²) in [6, 6.07) is 6.11. The number of carbonyl (C=O) groups is 2. The van der Waals surface area contributed by atoms with Crippen LogP contribution in [0.1, 0.15) is 60.8 Å². The summed E-state index contributed by atoms with van der Waals surface area (Å²) in [5, 5.41) is 5.39. The lowest BCUT2D eigenvalue weighted by Gasteiger charge is -2.31. The van der Waals surface area contributed by atoms with Crippen LogP contribution in [0.25, 0.3) is 27.8 Å². The minimum absolute atomic E-state index is 0.122. The molecule has 0 radical (unpaired) electrons. The molecule has 4 aromatic rings. The molecule has 0 spiro atoms. The second-order valence-electron chi connectivity index (χ2n) is 10.4. The average molecular weight is 537 g/mol. The van der Waals surface area contributed by atoms with Gasteiger partial charge in [0.15, 0.2) is 11.7 Å². The topological polar surface area (TPSA) is 108 Å². The first kappa shape index (κ1) is 26.2. The summed E-state index contributed by atoms with van der Waals surface area (Å²) in [5.41, 5.74) is 13.0. The maximum absolute atomic E-state index is 13.4. The van der Waals surface area contributed by atoms with E-state index in [1.807, 2.05) is 26.1 Å². The zero-order valence-corrected chi connectivity index (χ0v) is 23.0. The van der Waals surface area contributed by atoms with Crippen molar-refractivity contribution in [1.82, 2.24) is 24.1 Å². The number of primary amides is 1. The fraction of sp³-hybridized carbons (Fsp3) is 0.429. The smallest absolute Gasteiger partial charge is 0.420 e. The molecule has 2 N–H and O–H groups in total. The molecule has 0 saturated carbocycles. The number of hydrogen-bond donors (Lipinski definition) is 1. The first-order valence-corrected chi connectivity index (χ1v) is 13.5. The molecule has 9 nitrogen and oxygen atoms in total. The lowest BCUT2D eigenvalue weighted by atomic mass is 9.87. The highest BCUT2D eigenvalue weighted by Gasteiger charge is 2.29. The van der Waals surface area contributed by atoms with Crippen LogP contribution in [0.2, 0.25) is 0 Å². The van der Waals surface area contributed by atoms with Gasteiger partial charge in [0.1, 0.15) is 6.33 Å². The van der Waals surface area contributed by atoms with Crippen molar-refractivity contribution >= 4 is 40.2 Å². The molecular formula is C28H33ClN6O3. The number of hydrogen-bond acceptors (Lipinski definition) is 6. The lowest BCUT2D eigenvalue weighted by Crippen LogP contribution is -2.39. The number of fused-ring (bicyclic) bond motifs is 2. The van der Waals surface area contributed by atoms with E-state index in [2.05, 4.69) is 41.0 Å². The van der Waals surface area contributed by atoms with Gasteiger partial charge in [-0.1, -0.05) is 31.5 Å². The maximum Gasteiger partial charge on any atom is 0.420 e. The second kappa shape index (κ2) is 10.4. The molecule has 1 saturated heterocycles. The Hall–Kier alpha value is -3.43. The molecule has 1 amide bonds. The molecule has 0 atom stereocenters. The lowest BCUT2D eigenvalue weighted by molar-refractivity contribution is -0.119. The van der Waals surface area contributed by atoms with Crippen LogP contribution in [0, 0.1) is 13.8 Å². The Morgan fingerprint density at radius 3 is 2.58 bits per heavy atom. The van der Waals surface area contributed by atoms with Crippen molar-refractivity contribution in [2.45, 2.75) is 52.4 Å². The van der Waals surface area contributed by atoms with E-state index in [-0.39, 0.29) is 17.9 Å². The molecular weight excluding hydrogens is 504 g/mol. The van der Waals surface area contributed by atoms with Gasteiger partial charge in [-0.2, -0.15) is 5.10 Å². The summed E-state index contributed by atoms with van der Waals surface area (Å²) in [4.78, 5) is 31.2. The maximum atomic E-state index is 13.4. The number of rotatable bonds is 6. The Morgan fingerprint density at radius 1 is 1.18 bits per heavy atom. The van der Waals surface area contributed by atoms with Crippen LogP contribution < -0.4 is 5.73 Å². The molecule has 5 rings (SSSR count). The number of piperidine rings is 1. The third-order valence-corrected chi connectivity index (χ3v) is 7.90. The van der Waals surface area contributed by atoms with Crippen molar-refractivity contribution in [1.29, 1.82) is 0 Å². The molecule has 1 aromatic carbocycles. The number of nitrogens with zero attached hydrogens (tertiary/aromatic N) is 5. The predicted octanol–water partition coefficient (Wildman–Crippen LogP) is 4.94. The number of aryl methyl sites for hydroxylation is 1. The van der Waals surface area contributed by atoms with Gasteiger partial charge in [-0.05, 0) is 86.0 Å². The highest BCUT2D eigenvalue weighted by molar-refractivity contribution is 6.17. The minimum atomic E-state index is -0.518. The number of alkyl halides is 1. The molecule has 10 heteroatoms. The predicted molar refractivity (Wildman–Crippen MR) is 148 cm³/mol. The van der Waals surface area contributed by atoms with Crippen molar-refractivity contribution in [2.75, 3.05) is 25.7 Å². The highest BCUT2D eigenvalue weighted by atomic mass is 35.5. The standard InChI is InChI=1S/C28H33ClN6O3/c1-16(2)25-21-11-20(19-7-9-33(10-8-19)13-24(30)36)5-6-23(21)35(28(37)38-14-29)26(25)22-12-34-27(31-15-32-34)18(4)17(22)3/h5-6,11-12,15-16,19H,7-10,13-14H2,1-4H3,(H2,30,36). The molecule has 0 bridgehead atoms. The molecule has 200 valence electrons. The zero-order valence-electron chi connectivity index (χ0n) is 22.2. The van der Waals surface area contributed by atoms with E-state index in [9.17, 15) is 9.59 Å². The molecule has 4 heterocycles. The average Bonchev–Trinajstić information content (AvgIpc) is 3.48. The van der Waals surface area contributed by atoms with Gasteiger partial charge in [-0.15, -0.1) is 0 Å². The van der Waals surface area contributed by atoms with Crippen molar-refractivity contribution in [3.05, 3.63) is 53.0 Å². The van der Waals surface area contributed by atoms with Gasteiger partial charge < -0.3 is 10.5 Å². The van der Waals surface area contributed by atoms with Gasteiger partial charge in [-0.25, -0.2) is 18.9 Å². The van der Waals surface area contributed by atoms with Crippen LogP contribution >= 0.6 is 11.6 Å². The first-order valence-electron chi connectivity index (χ1n) is 12.9. The fourth-order valence-corrected chi connectivity index (χ4v) is 5.92. The van der Waals surface area contributed by atoms with Gasteiger partial charge in [0, 0.05) is 17.1 Å². The van der Waals surface area contributed by atoms with Crippen molar-refractivity contribution in [3.8, 4) is 11.3 Å². The molecule has 38 heavy (non-hydrogen) atoms. The SMILES string of the molecule is Cc1c(-c2c(C(C)C)c3cc(C4CCN(CC(N)=O)CC4)ccc3n2C(=O)OCCl)cn2ncnc2c1C. The van der Waals surface area contributed by atoms with E-state index in [1.54, 1.807) is 9.08 Å². The number of halogens is 1. The number of amides is 1. The van der Waals surface area contributed by atoms with Gasteiger partial charge in [0.25, 0.3) is 0 Å². The summed E-state index contributed by atoms with van der Waals surface area (Å²) in [7, 11) is 0. The first-order chi connectivity index (χ1) is 18.2. The number of carbonyl (C=O) groups excluding carboxylic acids is 2. The van der Waals surface area contributed by atoms with Gasteiger partial charge in [-0.3, -0.25) is 9.69 Å². The molecule has 0 unspecified atom stereocenters. The Balaban J connectivity index is 1.69. The minimum Gasteiger partial charge on any atom is -0.433 e. The Labute approximate surface area is 226 Å². The van der Waals surface area contributed by atoms with E-state index in [4.69, 9.17) is 22.1 Å². The van der Waals surface area contributed by atoms with Gasteiger partial charge in [0.2, 0.25) is 5.91 Å². The van der Waals surface area contributed by atoms with E-state index >= 15 is 0 Å². The third-order valence-electron chi connectivity index (χ3n) is 7.79. The van der Waals surface area contributed by atoms with E-state index in [0.29, 0.717) is 12.5 Å². The molecule has 1 aliphatic heterocycles. The van der Waals surface area contributed by atoms with E-state index < -0.39 is 6.09 Å². The number of pyridine rings is 1. The van der Waals surface area contributed by atoms with Gasteiger partial charge in [0.05, 0.1) is 17.8 Å².